The number of hydrogen-bond donors (Lipinski definition) is 1. The number of benzene rings is 1. The minimum Gasteiger partial charge on any atom is -0.481 e. The van der Waals surface area contributed by atoms with Crippen LogP contribution in [0.2, 0.25) is 0 Å². The van der Waals surface area contributed by atoms with Gasteiger partial charge in [0.15, 0.2) is 5.41 Å². The zero-order chi connectivity index (χ0) is 19.8. The second kappa shape index (κ2) is 7.14. The fraction of sp³-hybridized carbons (Fsp3) is 0.579. The average molecular weight is 385 g/mol. The first-order valence-corrected chi connectivity index (χ1v) is 8.93. The Bertz CT molecular complexity index is 719. The second-order valence-electron chi connectivity index (χ2n) is 7.35. The fourth-order valence-corrected chi connectivity index (χ4v) is 3.88. The maximum atomic E-state index is 13.4. The summed E-state index contributed by atoms with van der Waals surface area (Å²) in [7, 11) is 0. The molecule has 2 aliphatic rings. The normalized spacial score (nSPS) is 29.0. The van der Waals surface area contributed by atoms with Crippen molar-refractivity contribution in [1.29, 1.82) is 0 Å². The molecular weight excluding hydrogens is 363 g/mol. The molecule has 1 amide bonds. The van der Waals surface area contributed by atoms with E-state index < -0.39 is 48.5 Å². The van der Waals surface area contributed by atoms with Crippen molar-refractivity contribution in [2.45, 2.75) is 38.5 Å². The van der Waals surface area contributed by atoms with E-state index in [1.54, 1.807) is 0 Å². The highest BCUT2D eigenvalue weighted by Crippen LogP contribution is 2.47. The summed E-state index contributed by atoms with van der Waals surface area (Å²) in [6.07, 6.45) is -4.93. The summed E-state index contributed by atoms with van der Waals surface area (Å²) in [5.74, 6) is -3.01. The summed E-state index contributed by atoms with van der Waals surface area (Å²) < 4.78 is 45.9. The van der Waals surface area contributed by atoms with Crippen molar-refractivity contribution in [3.63, 3.8) is 0 Å². The Kier molecular flexibility index (Phi) is 5.20. The molecule has 0 bridgehead atoms. The lowest BCUT2D eigenvalue weighted by Crippen LogP contribution is -2.49. The fourth-order valence-electron chi connectivity index (χ4n) is 3.88. The number of carbonyl (C=O) groups excluding carboxylic acids is 1. The molecule has 8 heteroatoms. The van der Waals surface area contributed by atoms with Crippen LogP contribution in [0.3, 0.4) is 0 Å². The van der Waals surface area contributed by atoms with E-state index in [4.69, 9.17) is 4.74 Å². The van der Waals surface area contributed by atoms with Crippen LogP contribution < -0.4 is 0 Å². The highest BCUT2D eigenvalue weighted by molar-refractivity contribution is 5.83. The molecule has 27 heavy (non-hydrogen) atoms. The van der Waals surface area contributed by atoms with Gasteiger partial charge >= 0.3 is 12.1 Å². The second-order valence-corrected chi connectivity index (χ2v) is 7.35. The number of halogens is 3. The quantitative estimate of drug-likeness (QED) is 0.867. The standard InChI is InChI=1S/C19H22F3NO4/c1-12-4-6-13(7-5-12)15-14(3-2-10-27-15)16(24)23-9-8-18(11-23,17(25)26)19(20,21)22/h4-7,14-15H,2-3,8-11H2,1H3,(H,25,26). The molecule has 1 aromatic rings. The molecule has 2 saturated heterocycles. The average Bonchev–Trinajstić information content (AvgIpc) is 3.09. The number of carbonyl (C=O) groups is 2. The number of carboxylic acid groups (broad SMARTS) is 1. The number of rotatable bonds is 3. The third-order valence-electron chi connectivity index (χ3n) is 5.58. The van der Waals surface area contributed by atoms with Crippen LogP contribution in [-0.4, -0.2) is 47.8 Å². The maximum Gasteiger partial charge on any atom is 0.406 e. The van der Waals surface area contributed by atoms with Crippen molar-refractivity contribution in [1.82, 2.24) is 4.90 Å². The molecule has 3 rings (SSSR count). The molecule has 1 aromatic carbocycles. The van der Waals surface area contributed by atoms with Crippen molar-refractivity contribution in [3.8, 4) is 0 Å². The van der Waals surface area contributed by atoms with Gasteiger partial charge in [0.2, 0.25) is 5.91 Å². The first-order valence-electron chi connectivity index (χ1n) is 8.93. The number of nitrogens with zero attached hydrogens (tertiary/aromatic N) is 1. The summed E-state index contributed by atoms with van der Waals surface area (Å²) in [6, 6.07) is 7.49. The molecule has 2 aliphatic heterocycles. The molecule has 2 fully saturated rings. The molecule has 148 valence electrons. The van der Waals surface area contributed by atoms with Gasteiger partial charge in [-0.15, -0.1) is 0 Å². The van der Waals surface area contributed by atoms with E-state index in [1.165, 1.54) is 0 Å². The van der Waals surface area contributed by atoms with Gasteiger partial charge in [-0.1, -0.05) is 29.8 Å². The zero-order valence-corrected chi connectivity index (χ0v) is 15.0. The van der Waals surface area contributed by atoms with E-state index in [2.05, 4.69) is 0 Å². The molecule has 0 aromatic heterocycles. The topological polar surface area (TPSA) is 66.8 Å². The molecule has 3 unspecified atom stereocenters. The van der Waals surface area contributed by atoms with Crippen LogP contribution in [0.25, 0.3) is 0 Å². The van der Waals surface area contributed by atoms with Gasteiger partial charge < -0.3 is 14.7 Å². The Balaban J connectivity index is 1.81. The van der Waals surface area contributed by atoms with Crippen LogP contribution in [0.4, 0.5) is 13.2 Å². The van der Waals surface area contributed by atoms with Crippen LogP contribution in [0.1, 0.15) is 36.5 Å². The van der Waals surface area contributed by atoms with Gasteiger partial charge in [-0.3, -0.25) is 9.59 Å². The summed E-state index contributed by atoms with van der Waals surface area (Å²) in [5, 5.41) is 9.18. The largest absolute Gasteiger partial charge is 0.481 e. The van der Waals surface area contributed by atoms with Gasteiger partial charge in [-0.25, -0.2) is 0 Å². The van der Waals surface area contributed by atoms with Gasteiger partial charge in [0.25, 0.3) is 0 Å². The van der Waals surface area contributed by atoms with Crippen molar-refractivity contribution in [2.75, 3.05) is 19.7 Å². The third kappa shape index (κ3) is 3.54. The van der Waals surface area contributed by atoms with Crippen LogP contribution in [0.15, 0.2) is 24.3 Å². The van der Waals surface area contributed by atoms with E-state index in [1.807, 2.05) is 31.2 Å². The SMILES string of the molecule is Cc1ccc(C2OCCCC2C(=O)N2CCC(C(=O)O)(C(F)(F)F)C2)cc1. The van der Waals surface area contributed by atoms with Crippen molar-refractivity contribution < 1.29 is 32.6 Å². The van der Waals surface area contributed by atoms with Gasteiger partial charge in [-0.05, 0) is 31.7 Å². The number of hydrogen-bond acceptors (Lipinski definition) is 3. The minimum atomic E-state index is -4.91. The van der Waals surface area contributed by atoms with E-state index in [0.717, 1.165) is 16.0 Å². The molecule has 0 saturated carbocycles. The number of aliphatic carboxylic acids is 1. The monoisotopic (exact) mass is 385 g/mol. The number of alkyl halides is 3. The lowest BCUT2D eigenvalue weighted by Gasteiger charge is -2.34. The predicted octanol–water partition coefficient (Wildman–Crippen LogP) is 3.33. The van der Waals surface area contributed by atoms with Crippen LogP contribution >= 0.6 is 0 Å². The van der Waals surface area contributed by atoms with Crippen LogP contribution in [0, 0.1) is 18.3 Å². The molecule has 0 radical (unpaired) electrons. The van der Waals surface area contributed by atoms with E-state index in [9.17, 15) is 27.9 Å². The van der Waals surface area contributed by atoms with E-state index in [0.29, 0.717) is 19.4 Å². The van der Waals surface area contributed by atoms with Crippen molar-refractivity contribution in [2.24, 2.45) is 11.3 Å². The molecule has 1 N–H and O–H groups in total. The smallest absolute Gasteiger partial charge is 0.406 e. The first kappa shape index (κ1) is 19.7. The van der Waals surface area contributed by atoms with Gasteiger partial charge in [0.1, 0.15) is 0 Å². The van der Waals surface area contributed by atoms with Crippen LogP contribution in [0.5, 0.6) is 0 Å². The number of carboxylic acids is 1. The first-order chi connectivity index (χ1) is 12.7. The van der Waals surface area contributed by atoms with E-state index in [-0.39, 0.29) is 6.54 Å². The molecule has 2 heterocycles. The molecule has 5 nitrogen and oxygen atoms in total. The predicted molar refractivity (Wildman–Crippen MR) is 89.9 cm³/mol. The highest BCUT2D eigenvalue weighted by atomic mass is 19.4. The van der Waals surface area contributed by atoms with Gasteiger partial charge in [-0.2, -0.15) is 13.2 Å². The van der Waals surface area contributed by atoms with E-state index >= 15 is 0 Å². The Labute approximate surface area is 155 Å². The van der Waals surface area contributed by atoms with Gasteiger partial charge in [0.05, 0.1) is 12.0 Å². The summed E-state index contributed by atoms with van der Waals surface area (Å²) in [5.41, 5.74) is -1.04. The van der Waals surface area contributed by atoms with Crippen LogP contribution in [-0.2, 0) is 14.3 Å². The van der Waals surface area contributed by atoms with Crippen molar-refractivity contribution in [3.05, 3.63) is 35.4 Å². The number of likely N-dealkylation sites (tertiary alicyclic amines) is 1. The minimum absolute atomic E-state index is 0.220. The van der Waals surface area contributed by atoms with Crippen molar-refractivity contribution >= 4 is 11.9 Å². The van der Waals surface area contributed by atoms with Gasteiger partial charge in [0, 0.05) is 19.7 Å². The Morgan fingerprint density at radius 2 is 1.93 bits per heavy atom. The zero-order valence-electron chi connectivity index (χ0n) is 15.0. The summed E-state index contributed by atoms with van der Waals surface area (Å²) in [4.78, 5) is 25.4. The Morgan fingerprint density at radius 1 is 1.26 bits per heavy atom. The summed E-state index contributed by atoms with van der Waals surface area (Å²) >= 11 is 0. The molecular formula is C19H22F3NO4. The Hall–Kier alpha value is -2.09. The molecule has 3 atom stereocenters. The number of ether oxygens (including phenoxy) is 1. The number of aryl methyl sites for hydroxylation is 1. The number of amides is 1. The molecule has 0 aliphatic carbocycles. The lowest BCUT2D eigenvalue weighted by atomic mass is 9.86. The molecule has 0 spiro atoms. The lowest BCUT2D eigenvalue weighted by molar-refractivity contribution is -0.227. The Morgan fingerprint density at radius 3 is 2.48 bits per heavy atom. The third-order valence-corrected chi connectivity index (χ3v) is 5.58. The highest BCUT2D eigenvalue weighted by Gasteiger charge is 2.64. The maximum absolute atomic E-state index is 13.4. The summed E-state index contributed by atoms with van der Waals surface area (Å²) in [6.45, 7) is 1.34.